The number of hydrogen-bond acceptors (Lipinski definition) is 3. The van der Waals surface area contributed by atoms with Gasteiger partial charge in [-0.25, -0.2) is 4.98 Å². The summed E-state index contributed by atoms with van der Waals surface area (Å²) < 4.78 is 2.32. The van der Waals surface area contributed by atoms with Gasteiger partial charge in [0.25, 0.3) is 5.91 Å². The van der Waals surface area contributed by atoms with E-state index < -0.39 is 0 Å². The van der Waals surface area contributed by atoms with E-state index in [4.69, 9.17) is 0 Å². The number of carbonyl (C=O) groups excluding carboxylic acids is 1. The van der Waals surface area contributed by atoms with E-state index in [0.29, 0.717) is 12.1 Å². The molecule has 0 atom stereocenters. The second-order valence-electron chi connectivity index (χ2n) is 7.89. The van der Waals surface area contributed by atoms with E-state index in [1.165, 1.54) is 29.5 Å². The van der Waals surface area contributed by atoms with Gasteiger partial charge in [0, 0.05) is 30.0 Å². The Morgan fingerprint density at radius 3 is 2.89 bits per heavy atom. The number of nitrogens with zero attached hydrogens (tertiary/aromatic N) is 2. The number of pyridine rings is 1. The third kappa shape index (κ3) is 3.18. The topological polar surface area (TPSA) is 46.9 Å². The third-order valence-electron chi connectivity index (χ3n) is 6.21. The molecule has 1 aromatic heterocycles. The van der Waals surface area contributed by atoms with Crippen molar-refractivity contribution in [1.82, 2.24) is 14.9 Å². The van der Waals surface area contributed by atoms with Crippen molar-refractivity contribution in [3.05, 3.63) is 52.0 Å². The molecule has 0 saturated heterocycles. The zero-order valence-corrected chi connectivity index (χ0v) is 16.3. The quantitative estimate of drug-likeness (QED) is 0.708. The van der Waals surface area contributed by atoms with Crippen LogP contribution in [0, 0.1) is 0 Å². The molecule has 0 spiro atoms. The zero-order chi connectivity index (χ0) is 18.2. The highest BCUT2D eigenvalue weighted by molar-refractivity contribution is 7.12. The van der Waals surface area contributed by atoms with E-state index in [9.17, 15) is 4.79 Å². The van der Waals surface area contributed by atoms with Gasteiger partial charge >= 0.3 is 0 Å². The first-order valence-electron chi connectivity index (χ1n) is 10.1. The Labute approximate surface area is 164 Å². The van der Waals surface area contributed by atoms with E-state index >= 15 is 0 Å². The molecule has 0 radical (unpaired) electrons. The molecule has 5 rings (SSSR count). The Morgan fingerprint density at radius 1 is 1.15 bits per heavy atom. The Hall–Kier alpha value is -2.14. The predicted octanol–water partition coefficient (Wildman–Crippen LogP) is 4.84. The largest absolute Gasteiger partial charge is 0.349 e. The van der Waals surface area contributed by atoms with Crippen molar-refractivity contribution < 1.29 is 4.79 Å². The zero-order valence-electron chi connectivity index (χ0n) is 15.5. The van der Waals surface area contributed by atoms with E-state index in [-0.39, 0.29) is 5.91 Å². The molecule has 1 aromatic rings. The molecule has 4 aliphatic rings. The monoisotopic (exact) mass is 379 g/mol. The molecule has 4 nitrogen and oxygen atoms in total. The average Bonchev–Trinajstić information content (AvgIpc) is 3.35. The Kier molecular flexibility index (Phi) is 4.48. The molecule has 2 aliphatic heterocycles. The third-order valence-corrected chi connectivity index (χ3v) is 7.28. The molecule has 0 aromatic carbocycles. The highest BCUT2D eigenvalue weighted by Crippen LogP contribution is 2.34. The lowest BCUT2D eigenvalue weighted by Gasteiger charge is -2.31. The minimum Gasteiger partial charge on any atom is -0.349 e. The van der Waals surface area contributed by atoms with Crippen LogP contribution in [0.3, 0.4) is 0 Å². The standard InChI is InChI=1S/C22H25N3OS/c26-22(20-19-6-2-1-4-16(19)14-27-20)24-17-7-9-18(10-8-17)25-13-3-5-15-11-12-23-21(15)25/h3,5,11-14,17-18H,1-2,4,6-10H2,(H,24,26). The molecule has 0 bridgehead atoms. The number of fused-ring (bicyclic) bond motifs is 2. The van der Waals surface area contributed by atoms with Gasteiger partial charge in [0.2, 0.25) is 0 Å². The normalized spacial score (nSPS) is 22.5. The fourth-order valence-corrected chi connectivity index (χ4v) is 5.81. The minimum absolute atomic E-state index is 0.152. The lowest BCUT2D eigenvalue weighted by molar-refractivity contribution is 0.0925. The van der Waals surface area contributed by atoms with Crippen LogP contribution >= 0.6 is 11.3 Å². The lowest BCUT2D eigenvalue weighted by atomic mass is 9.90. The summed E-state index contributed by atoms with van der Waals surface area (Å²) in [6.45, 7) is 0. The van der Waals surface area contributed by atoms with Crippen molar-refractivity contribution in [2.24, 2.45) is 0 Å². The fraction of sp³-hybridized carbons (Fsp3) is 0.455. The first-order valence-corrected chi connectivity index (χ1v) is 11.0. The molecular formula is C22H25N3OS. The Bertz CT molecular complexity index is 919. The van der Waals surface area contributed by atoms with Gasteiger partial charge in [-0.05, 0) is 86.1 Å². The number of rotatable bonds is 3. The number of nitrogens with one attached hydrogen (secondary N) is 1. The van der Waals surface area contributed by atoms with Crippen molar-refractivity contribution >= 4 is 17.2 Å². The molecule has 1 fully saturated rings. The number of carbonyl (C=O) groups is 1. The summed E-state index contributed by atoms with van der Waals surface area (Å²) in [6.07, 6.45) is 13.0. The van der Waals surface area contributed by atoms with Gasteiger partial charge in [-0.2, -0.15) is 0 Å². The molecule has 1 amide bonds. The lowest BCUT2D eigenvalue weighted by Crippen LogP contribution is -2.38. The van der Waals surface area contributed by atoms with E-state index in [0.717, 1.165) is 49.2 Å². The van der Waals surface area contributed by atoms with Crippen molar-refractivity contribution in [2.75, 3.05) is 0 Å². The van der Waals surface area contributed by atoms with Crippen LogP contribution in [0.4, 0.5) is 0 Å². The smallest absolute Gasteiger partial charge is 0.261 e. The number of hydrogen-bond donors (Lipinski definition) is 1. The van der Waals surface area contributed by atoms with Crippen LogP contribution in [0.15, 0.2) is 36.0 Å². The van der Waals surface area contributed by atoms with Gasteiger partial charge < -0.3 is 9.88 Å². The van der Waals surface area contributed by atoms with Crippen molar-refractivity contribution in [2.45, 2.75) is 63.5 Å². The van der Waals surface area contributed by atoms with Gasteiger partial charge in [-0.3, -0.25) is 4.79 Å². The van der Waals surface area contributed by atoms with Gasteiger partial charge in [0.15, 0.2) is 0 Å². The number of aromatic nitrogens is 2. The van der Waals surface area contributed by atoms with Crippen LogP contribution in [0.1, 0.15) is 65.4 Å². The highest BCUT2D eigenvalue weighted by Gasteiger charge is 2.27. The van der Waals surface area contributed by atoms with Crippen LogP contribution in [0.2, 0.25) is 0 Å². The summed E-state index contributed by atoms with van der Waals surface area (Å²) in [6, 6.07) is 7.07. The van der Waals surface area contributed by atoms with Gasteiger partial charge in [0.1, 0.15) is 5.82 Å². The molecule has 140 valence electrons. The summed E-state index contributed by atoms with van der Waals surface area (Å²) in [4.78, 5) is 18.3. The maximum Gasteiger partial charge on any atom is 0.261 e. The van der Waals surface area contributed by atoms with Crippen molar-refractivity contribution in [3.8, 4) is 11.4 Å². The Balaban J connectivity index is 1.23. The molecule has 0 unspecified atom stereocenters. The SMILES string of the molecule is O=C(NC1CCC(n2cccc3ccnc2-3)CC1)c1scc2c1CCCC2. The van der Waals surface area contributed by atoms with Crippen molar-refractivity contribution in [1.29, 1.82) is 0 Å². The van der Waals surface area contributed by atoms with Gasteiger partial charge in [-0.1, -0.05) is 0 Å². The number of amides is 1. The summed E-state index contributed by atoms with van der Waals surface area (Å²) in [7, 11) is 0. The first-order chi connectivity index (χ1) is 13.3. The van der Waals surface area contributed by atoms with Crippen LogP contribution in [0.5, 0.6) is 0 Å². The fourth-order valence-electron chi connectivity index (χ4n) is 4.75. The van der Waals surface area contributed by atoms with Crippen LogP contribution in [-0.2, 0) is 12.8 Å². The molecule has 2 aliphatic carbocycles. The molecule has 1 N–H and O–H groups in total. The maximum absolute atomic E-state index is 12.8. The summed E-state index contributed by atoms with van der Waals surface area (Å²) in [5, 5.41) is 5.52. The second-order valence-corrected chi connectivity index (χ2v) is 8.77. The van der Waals surface area contributed by atoms with Gasteiger partial charge in [0.05, 0.1) is 4.88 Å². The number of thiophene rings is 1. The van der Waals surface area contributed by atoms with E-state index in [1.807, 2.05) is 6.20 Å². The van der Waals surface area contributed by atoms with Crippen LogP contribution in [-0.4, -0.2) is 21.5 Å². The number of aryl methyl sites for hydroxylation is 1. The average molecular weight is 380 g/mol. The molecule has 5 heteroatoms. The summed E-state index contributed by atoms with van der Waals surface area (Å²) >= 11 is 1.64. The second kappa shape index (κ2) is 7.12. The summed E-state index contributed by atoms with van der Waals surface area (Å²) in [5.74, 6) is 1.23. The molecule has 3 heterocycles. The minimum atomic E-state index is 0.152. The Morgan fingerprint density at radius 2 is 2.00 bits per heavy atom. The van der Waals surface area contributed by atoms with Crippen LogP contribution in [0.25, 0.3) is 11.4 Å². The van der Waals surface area contributed by atoms with Crippen LogP contribution < -0.4 is 5.32 Å². The molecular weight excluding hydrogens is 354 g/mol. The van der Waals surface area contributed by atoms with E-state index in [2.05, 4.69) is 44.6 Å². The van der Waals surface area contributed by atoms with Crippen molar-refractivity contribution in [3.63, 3.8) is 0 Å². The van der Waals surface area contributed by atoms with Gasteiger partial charge in [-0.15, -0.1) is 11.3 Å². The molecule has 27 heavy (non-hydrogen) atoms. The highest BCUT2D eigenvalue weighted by atomic mass is 32.1. The summed E-state index contributed by atoms with van der Waals surface area (Å²) in [5.41, 5.74) is 3.93. The maximum atomic E-state index is 12.8. The first kappa shape index (κ1) is 17.0. The predicted molar refractivity (Wildman–Crippen MR) is 109 cm³/mol. The van der Waals surface area contributed by atoms with E-state index in [1.54, 1.807) is 11.3 Å². The molecule has 1 saturated carbocycles.